The summed E-state index contributed by atoms with van der Waals surface area (Å²) in [6, 6.07) is 17.7. The Bertz CT molecular complexity index is 1110. The van der Waals surface area contributed by atoms with Gasteiger partial charge in [-0.2, -0.15) is 0 Å². The van der Waals surface area contributed by atoms with Crippen molar-refractivity contribution in [1.29, 1.82) is 0 Å². The lowest BCUT2D eigenvalue weighted by atomic mass is 9.96. The third kappa shape index (κ3) is 4.24. The zero-order valence-corrected chi connectivity index (χ0v) is 17.1. The first-order valence-electron chi connectivity index (χ1n) is 10.4. The van der Waals surface area contributed by atoms with Gasteiger partial charge < -0.3 is 15.2 Å². The van der Waals surface area contributed by atoms with Crippen LogP contribution in [0.15, 0.2) is 60.7 Å². The molecule has 31 heavy (non-hydrogen) atoms. The molecule has 0 bridgehead atoms. The zero-order chi connectivity index (χ0) is 21.8. The highest BCUT2D eigenvalue weighted by molar-refractivity contribution is 6.05. The van der Waals surface area contributed by atoms with Crippen LogP contribution in [0.2, 0.25) is 0 Å². The molecule has 1 aliphatic rings. The van der Waals surface area contributed by atoms with Crippen LogP contribution in [0.1, 0.15) is 41.6 Å². The van der Waals surface area contributed by atoms with Crippen LogP contribution >= 0.6 is 0 Å². The van der Waals surface area contributed by atoms with Crippen LogP contribution < -0.4 is 10.1 Å². The summed E-state index contributed by atoms with van der Waals surface area (Å²) in [7, 11) is 0. The van der Waals surface area contributed by atoms with E-state index in [2.05, 4.69) is 5.32 Å². The van der Waals surface area contributed by atoms with Crippen molar-refractivity contribution in [2.75, 3.05) is 6.61 Å². The van der Waals surface area contributed by atoms with Crippen LogP contribution in [-0.4, -0.2) is 29.1 Å². The second-order valence-electron chi connectivity index (χ2n) is 7.91. The average Bonchev–Trinajstić information content (AvgIpc) is 3.26. The number of ether oxygens (including phenoxy) is 1. The van der Waals surface area contributed by atoms with E-state index in [-0.39, 0.29) is 11.3 Å². The summed E-state index contributed by atoms with van der Waals surface area (Å²) in [5.41, 5.74) is -0.229. The molecular formula is C25H24FNO4. The van der Waals surface area contributed by atoms with Crippen LogP contribution in [0.3, 0.4) is 0 Å². The molecule has 1 amide bonds. The molecule has 0 spiro atoms. The summed E-state index contributed by atoms with van der Waals surface area (Å²) in [6.45, 7) is 0.296. The summed E-state index contributed by atoms with van der Waals surface area (Å²) in [5.74, 6) is -1.98. The van der Waals surface area contributed by atoms with Crippen LogP contribution in [0.4, 0.5) is 4.39 Å². The number of halogens is 1. The van der Waals surface area contributed by atoms with Gasteiger partial charge in [0.1, 0.15) is 17.1 Å². The van der Waals surface area contributed by atoms with Crippen molar-refractivity contribution in [1.82, 2.24) is 5.32 Å². The van der Waals surface area contributed by atoms with E-state index >= 15 is 0 Å². The Kier molecular flexibility index (Phi) is 5.89. The minimum absolute atomic E-state index is 0.0109. The van der Waals surface area contributed by atoms with Gasteiger partial charge in [-0.3, -0.25) is 4.79 Å². The van der Waals surface area contributed by atoms with Gasteiger partial charge in [0.2, 0.25) is 0 Å². The second kappa shape index (κ2) is 8.76. The minimum atomic E-state index is -1.32. The van der Waals surface area contributed by atoms with E-state index in [1.54, 1.807) is 24.3 Å². The number of aliphatic carboxylic acids is 1. The molecule has 0 aliphatic heterocycles. The Morgan fingerprint density at radius 3 is 2.32 bits per heavy atom. The molecule has 5 nitrogen and oxygen atoms in total. The third-order valence-corrected chi connectivity index (χ3v) is 5.89. The van der Waals surface area contributed by atoms with E-state index in [1.165, 1.54) is 0 Å². The molecule has 160 valence electrons. The first-order chi connectivity index (χ1) is 15.0. The molecule has 1 saturated carbocycles. The highest BCUT2D eigenvalue weighted by atomic mass is 19.1. The van der Waals surface area contributed by atoms with Crippen molar-refractivity contribution >= 4 is 22.6 Å². The Labute approximate surface area is 179 Å². The number of benzene rings is 3. The molecule has 0 unspecified atom stereocenters. The van der Waals surface area contributed by atoms with E-state index in [9.17, 15) is 19.1 Å². The third-order valence-electron chi connectivity index (χ3n) is 5.89. The van der Waals surface area contributed by atoms with Gasteiger partial charge in [0.05, 0.1) is 12.2 Å². The van der Waals surface area contributed by atoms with Gasteiger partial charge in [-0.05, 0) is 24.5 Å². The summed E-state index contributed by atoms with van der Waals surface area (Å²) in [4.78, 5) is 25.0. The minimum Gasteiger partial charge on any atom is -0.492 e. The first kappa shape index (κ1) is 20.8. The van der Waals surface area contributed by atoms with Crippen molar-refractivity contribution in [3.05, 3.63) is 77.6 Å². The number of carbonyl (C=O) groups excluding carboxylic acids is 1. The molecule has 0 radical (unpaired) electrons. The summed E-state index contributed by atoms with van der Waals surface area (Å²) in [5, 5.41) is 13.2. The monoisotopic (exact) mass is 421 g/mol. The topological polar surface area (TPSA) is 75.6 Å². The van der Waals surface area contributed by atoms with Gasteiger partial charge >= 0.3 is 5.97 Å². The molecule has 6 heteroatoms. The number of carbonyl (C=O) groups is 2. The summed E-state index contributed by atoms with van der Waals surface area (Å²) in [6.07, 6.45) is 2.77. The van der Waals surface area contributed by atoms with E-state index in [0.717, 1.165) is 24.5 Å². The fourth-order valence-electron chi connectivity index (χ4n) is 4.20. The first-order valence-corrected chi connectivity index (χ1v) is 10.4. The van der Waals surface area contributed by atoms with Crippen molar-refractivity contribution in [3.8, 4) is 5.75 Å². The quantitative estimate of drug-likeness (QED) is 0.578. The maximum atomic E-state index is 14.8. The average molecular weight is 421 g/mol. The molecule has 2 N–H and O–H groups in total. The van der Waals surface area contributed by atoms with Gasteiger partial charge in [-0.1, -0.05) is 67.4 Å². The molecule has 4 rings (SSSR count). The standard InChI is InChI=1S/C25H24FNO4/c26-21-16-20(23(28)27-25(24(29)30)13-6-7-14-25)22(19-11-5-4-10-18(19)21)31-15-12-17-8-2-1-3-9-17/h1-5,8-11,16H,6-7,12-15H2,(H,27,28)(H,29,30). The molecule has 0 aromatic heterocycles. The predicted octanol–water partition coefficient (Wildman–Crippen LogP) is 4.73. The van der Waals surface area contributed by atoms with E-state index in [4.69, 9.17) is 4.74 Å². The molecule has 0 saturated heterocycles. The van der Waals surface area contributed by atoms with Crippen LogP contribution in [0.5, 0.6) is 5.75 Å². The molecule has 0 heterocycles. The zero-order valence-electron chi connectivity index (χ0n) is 17.1. The fraction of sp³-hybridized carbons (Fsp3) is 0.280. The summed E-state index contributed by atoms with van der Waals surface area (Å²) < 4.78 is 20.8. The molecule has 1 fully saturated rings. The highest BCUT2D eigenvalue weighted by Gasteiger charge is 2.43. The van der Waals surface area contributed by atoms with Crippen LogP contribution in [0.25, 0.3) is 10.8 Å². The molecule has 3 aromatic rings. The van der Waals surface area contributed by atoms with Gasteiger partial charge in [0.25, 0.3) is 5.91 Å². The lowest BCUT2D eigenvalue weighted by Crippen LogP contribution is -2.52. The van der Waals surface area contributed by atoms with Crippen LogP contribution in [0, 0.1) is 5.82 Å². The molecular weight excluding hydrogens is 397 g/mol. The van der Waals surface area contributed by atoms with Gasteiger partial charge in [-0.25, -0.2) is 9.18 Å². The smallest absolute Gasteiger partial charge is 0.329 e. The van der Waals surface area contributed by atoms with E-state index < -0.39 is 23.2 Å². The Hall–Kier alpha value is -3.41. The van der Waals surface area contributed by atoms with E-state index in [1.807, 2.05) is 30.3 Å². The lowest BCUT2D eigenvalue weighted by molar-refractivity contribution is -0.144. The number of hydrogen-bond donors (Lipinski definition) is 2. The number of amides is 1. The Morgan fingerprint density at radius 2 is 1.65 bits per heavy atom. The number of fused-ring (bicyclic) bond motifs is 1. The molecule has 1 aliphatic carbocycles. The summed E-state index contributed by atoms with van der Waals surface area (Å²) >= 11 is 0. The number of carboxylic acid groups (broad SMARTS) is 1. The number of hydrogen-bond acceptors (Lipinski definition) is 3. The maximum absolute atomic E-state index is 14.8. The number of carboxylic acids is 1. The van der Waals surface area contributed by atoms with Gasteiger partial charge in [0.15, 0.2) is 0 Å². The van der Waals surface area contributed by atoms with Crippen LogP contribution in [-0.2, 0) is 11.2 Å². The predicted molar refractivity (Wildman–Crippen MR) is 116 cm³/mol. The number of rotatable bonds is 7. The largest absolute Gasteiger partial charge is 0.492 e. The number of nitrogens with one attached hydrogen (secondary N) is 1. The van der Waals surface area contributed by atoms with Crippen molar-refractivity contribution in [2.45, 2.75) is 37.6 Å². The van der Waals surface area contributed by atoms with Gasteiger partial charge in [-0.15, -0.1) is 0 Å². The van der Waals surface area contributed by atoms with Crippen molar-refractivity contribution in [2.24, 2.45) is 0 Å². The van der Waals surface area contributed by atoms with Gasteiger partial charge in [0, 0.05) is 17.2 Å². The van der Waals surface area contributed by atoms with Crippen molar-refractivity contribution < 1.29 is 23.8 Å². The lowest BCUT2D eigenvalue weighted by Gasteiger charge is -2.26. The normalized spacial score (nSPS) is 15.0. The second-order valence-corrected chi connectivity index (χ2v) is 7.91. The fourth-order valence-corrected chi connectivity index (χ4v) is 4.20. The maximum Gasteiger partial charge on any atom is 0.329 e. The van der Waals surface area contributed by atoms with E-state index in [0.29, 0.717) is 36.6 Å². The Morgan fingerprint density at radius 1 is 1.00 bits per heavy atom. The highest BCUT2D eigenvalue weighted by Crippen LogP contribution is 2.35. The molecule has 0 atom stereocenters. The SMILES string of the molecule is O=C(NC1(C(=O)O)CCCC1)c1cc(F)c2ccccc2c1OCCc1ccccc1. The Balaban J connectivity index is 1.67. The molecule has 3 aromatic carbocycles. The van der Waals surface area contributed by atoms with Crippen molar-refractivity contribution in [3.63, 3.8) is 0 Å².